The number of amides is 1. The van der Waals surface area contributed by atoms with Crippen molar-refractivity contribution in [2.24, 2.45) is 0 Å². The fraction of sp³-hybridized carbons (Fsp3) is 0.538. The summed E-state index contributed by atoms with van der Waals surface area (Å²) in [5.74, 6) is 0. The maximum absolute atomic E-state index is 11.4. The lowest BCUT2D eigenvalue weighted by molar-refractivity contribution is 0.0523. The van der Waals surface area contributed by atoms with E-state index in [0.29, 0.717) is 13.2 Å². The van der Waals surface area contributed by atoms with Gasteiger partial charge in [-0.1, -0.05) is 6.07 Å². The van der Waals surface area contributed by atoms with E-state index in [2.05, 4.69) is 10.3 Å². The highest BCUT2D eigenvalue weighted by Gasteiger charge is 2.15. The van der Waals surface area contributed by atoms with Crippen molar-refractivity contribution in [2.75, 3.05) is 7.11 Å². The number of hydrogen-bond donors (Lipinski definition) is 1. The summed E-state index contributed by atoms with van der Waals surface area (Å²) in [5.41, 5.74) is 1.30. The van der Waals surface area contributed by atoms with Crippen LogP contribution in [0.4, 0.5) is 4.79 Å². The van der Waals surface area contributed by atoms with Crippen molar-refractivity contribution in [2.45, 2.75) is 39.5 Å². The summed E-state index contributed by atoms with van der Waals surface area (Å²) in [5, 5.41) is 2.67. The molecular formula is C13H20N2O3. The number of carbonyl (C=O) groups excluding carboxylic acids is 1. The topological polar surface area (TPSA) is 60.5 Å². The summed E-state index contributed by atoms with van der Waals surface area (Å²) in [6.07, 6.45) is 1.29. The third kappa shape index (κ3) is 5.63. The number of aromatic nitrogens is 1. The molecule has 0 aromatic carbocycles. The number of nitrogens with one attached hydrogen (secondary N) is 1. The minimum Gasteiger partial charge on any atom is -0.444 e. The zero-order chi connectivity index (χ0) is 13.6. The maximum atomic E-state index is 11.4. The number of nitrogens with zero attached hydrogens (tertiary/aromatic N) is 1. The van der Waals surface area contributed by atoms with E-state index in [1.165, 1.54) is 0 Å². The molecule has 1 aromatic heterocycles. The molecule has 1 amide bonds. The first-order chi connectivity index (χ1) is 8.40. The highest BCUT2D eigenvalue weighted by Crippen LogP contribution is 2.07. The molecule has 0 aliphatic carbocycles. The molecule has 100 valence electrons. The van der Waals surface area contributed by atoms with Gasteiger partial charge in [-0.2, -0.15) is 0 Å². The smallest absolute Gasteiger partial charge is 0.407 e. The van der Waals surface area contributed by atoms with E-state index in [0.717, 1.165) is 11.3 Å². The first-order valence-electron chi connectivity index (χ1n) is 5.80. The maximum Gasteiger partial charge on any atom is 0.407 e. The Labute approximate surface area is 108 Å². The monoisotopic (exact) mass is 252 g/mol. The van der Waals surface area contributed by atoms with Crippen molar-refractivity contribution in [1.29, 1.82) is 0 Å². The molecule has 0 bridgehead atoms. The molecule has 0 unspecified atom stereocenters. The summed E-state index contributed by atoms with van der Waals surface area (Å²) in [6, 6.07) is 3.77. The predicted molar refractivity (Wildman–Crippen MR) is 68.0 cm³/mol. The van der Waals surface area contributed by atoms with Gasteiger partial charge in [-0.05, 0) is 32.4 Å². The highest BCUT2D eigenvalue weighted by molar-refractivity contribution is 5.67. The van der Waals surface area contributed by atoms with E-state index in [1.54, 1.807) is 13.3 Å². The van der Waals surface area contributed by atoms with E-state index in [-0.39, 0.29) is 0 Å². The molecule has 0 saturated carbocycles. The van der Waals surface area contributed by atoms with Gasteiger partial charge in [0.1, 0.15) is 5.60 Å². The van der Waals surface area contributed by atoms with Gasteiger partial charge in [0.05, 0.1) is 12.3 Å². The summed E-state index contributed by atoms with van der Waals surface area (Å²) in [6.45, 7) is 6.37. The second-order valence-electron chi connectivity index (χ2n) is 4.95. The standard InChI is InChI=1S/C13H20N2O3/c1-13(2,3)18-12(16)15-8-10-5-6-11(9-17-4)14-7-10/h5-7H,8-9H2,1-4H3,(H,15,16). The van der Waals surface area contributed by atoms with Crippen LogP contribution in [0.2, 0.25) is 0 Å². The van der Waals surface area contributed by atoms with E-state index < -0.39 is 11.7 Å². The Kier molecular flexibility index (Phi) is 5.09. The van der Waals surface area contributed by atoms with Crippen molar-refractivity contribution in [3.05, 3.63) is 29.6 Å². The van der Waals surface area contributed by atoms with Crippen LogP contribution in [0.15, 0.2) is 18.3 Å². The molecule has 0 aliphatic rings. The highest BCUT2D eigenvalue weighted by atomic mass is 16.6. The third-order valence-corrected chi connectivity index (χ3v) is 2.01. The average molecular weight is 252 g/mol. The van der Waals surface area contributed by atoms with E-state index in [1.807, 2.05) is 32.9 Å². The Hall–Kier alpha value is -1.62. The van der Waals surface area contributed by atoms with Gasteiger partial charge in [0, 0.05) is 19.9 Å². The molecule has 1 rings (SSSR count). The van der Waals surface area contributed by atoms with Crippen molar-refractivity contribution in [3.63, 3.8) is 0 Å². The SMILES string of the molecule is COCc1ccc(CNC(=O)OC(C)(C)C)cn1. The van der Waals surface area contributed by atoms with E-state index in [9.17, 15) is 4.79 Å². The molecule has 18 heavy (non-hydrogen) atoms. The lowest BCUT2D eigenvalue weighted by atomic mass is 10.2. The minimum atomic E-state index is -0.481. The molecule has 0 saturated heterocycles. The number of rotatable bonds is 4. The number of ether oxygens (including phenoxy) is 2. The van der Waals surface area contributed by atoms with Gasteiger partial charge in [-0.25, -0.2) is 4.79 Å². The number of pyridine rings is 1. The largest absolute Gasteiger partial charge is 0.444 e. The van der Waals surface area contributed by atoms with Gasteiger partial charge < -0.3 is 14.8 Å². The van der Waals surface area contributed by atoms with E-state index in [4.69, 9.17) is 9.47 Å². The van der Waals surface area contributed by atoms with Crippen LogP contribution in [-0.2, 0) is 22.6 Å². The summed E-state index contributed by atoms with van der Waals surface area (Å²) in [4.78, 5) is 15.6. The summed E-state index contributed by atoms with van der Waals surface area (Å²) in [7, 11) is 1.62. The van der Waals surface area contributed by atoms with Crippen LogP contribution in [0.5, 0.6) is 0 Å². The fourth-order valence-corrected chi connectivity index (χ4v) is 1.28. The Balaban J connectivity index is 2.41. The van der Waals surface area contributed by atoms with Crippen LogP contribution in [-0.4, -0.2) is 23.8 Å². The van der Waals surface area contributed by atoms with Crippen LogP contribution in [0.25, 0.3) is 0 Å². The van der Waals surface area contributed by atoms with Gasteiger partial charge in [-0.3, -0.25) is 4.98 Å². The van der Waals surface area contributed by atoms with Crippen LogP contribution in [0.3, 0.4) is 0 Å². The van der Waals surface area contributed by atoms with Crippen molar-refractivity contribution in [1.82, 2.24) is 10.3 Å². The Morgan fingerprint density at radius 2 is 2.11 bits per heavy atom. The van der Waals surface area contributed by atoms with Crippen LogP contribution >= 0.6 is 0 Å². The Morgan fingerprint density at radius 3 is 2.61 bits per heavy atom. The number of methoxy groups -OCH3 is 1. The van der Waals surface area contributed by atoms with Gasteiger partial charge in [0.2, 0.25) is 0 Å². The predicted octanol–water partition coefficient (Wildman–Crippen LogP) is 2.25. The molecule has 0 spiro atoms. The Bertz CT molecular complexity index is 382. The molecule has 0 aliphatic heterocycles. The van der Waals surface area contributed by atoms with Crippen LogP contribution in [0, 0.1) is 0 Å². The molecule has 1 heterocycles. The first-order valence-corrected chi connectivity index (χ1v) is 5.80. The second-order valence-corrected chi connectivity index (χ2v) is 4.95. The third-order valence-electron chi connectivity index (χ3n) is 2.01. The lowest BCUT2D eigenvalue weighted by Crippen LogP contribution is -2.32. The number of alkyl carbamates (subject to hydrolysis) is 1. The molecule has 0 atom stereocenters. The lowest BCUT2D eigenvalue weighted by Gasteiger charge is -2.19. The van der Waals surface area contributed by atoms with Crippen LogP contribution in [0.1, 0.15) is 32.0 Å². The zero-order valence-electron chi connectivity index (χ0n) is 11.3. The molecule has 1 N–H and O–H groups in total. The molecule has 0 fully saturated rings. The second kappa shape index (κ2) is 6.35. The van der Waals surface area contributed by atoms with Gasteiger partial charge >= 0.3 is 6.09 Å². The molecule has 5 nitrogen and oxygen atoms in total. The quantitative estimate of drug-likeness (QED) is 0.892. The normalized spacial score (nSPS) is 11.1. The average Bonchev–Trinajstić information content (AvgIpc) is 2.26. The summed E-state index contributed by atoms with van der Waals surface area (Å²) < 4.78 is 10.1. The Morgan fingerprint density at radius 1 is 1.39 bits per heavy atom. The van der Waals surface area contributed by atoms with Gasteiger partial charge in [0.25, 0.3) is 0 Å². The van der Waals surface area contributed by atoms with Gasteiger partial charge in [0.15, 0.2) is 0 Å². The first kappa shape index (κ1) is 14.4. The minimum absolute atomic E-state index is 0.398. The zero-order valence-corrected chi connectivity index (χ0v) is 11.3. The summed E-state index contributed by atoms with van der Waals surface area (Å²) >= 11 is 0. The molecule has 1 aromatic rings. The number of hydrogen-bond acceptors (Lipinski definition) is 4. The van der Waals surface area contributed by atoms with Crippen LogP contribution < -0.4 is 5.32 Å². The van der Waals surface area contributed by atoms with Crippen molar-refractivity contribution < 1.29 is 14.3 Å². The van der Waals surface area contributed by atoms with Gasteiger partial charge in [-0.15, -0.1) is 0 Å². The van der Waals surface area contributed by atoms with E-state index >= 15 is 0 Å². The van der Waals surface area contributed by atoms with Crippen molar-refractivity contribution >= 4 is 6.09 Å². The molecular weight excluding hydrogens is 232 g/mol. The molecule has 0 radical (unpaired) electrons. The number of carbonyl (C=O) groups is 1. The van der Waals surface area contributed by atoms with Crippen molar-refractivity contribution in [3.8, 4) is 0 Å². The fourth-order valence-electron chi connectivity index (χ4n) is 1.28. The molecule has 5 heteroatoms.